The number of fused-ring (bicyclic) bond motifs is 1. The fourth-order valence-electron chi connectivity index (χ4n) is 2.61. The van der Waals surface area contributed by atoms with Gasteiger partial charge in [-0.25, -0.2) is 4.98 Å². The number of oxazole rings is 1. The molecule has 3 aromatic rings. The zero-order chi connectivity index (χ0) is 19.2. The number of amides is 1. The molecule has 2 aromatic carbocycles. The van der Waals surface area contributed by atoms with Crippen LogP contribution in [0.5, 0.6) is 0 Å². The van der Waals surface area contributed by atoms with Crippen LogP contribution in [-0.4, -0.2) is 27.6 Å². The first-order valence-corrected chi connectivity index (χ1v) is 9.51. The number of aromatic nitrogens is 1. The molecule has 0 aliphatic rings. The molecule has 0 saturated heterocycles. The van der Waals surface area contributed by atoms with Crippen molar-refractivity contribution >= 4 is 34.5 Å². The zero-order valence-corrected chi connectivity index (χ0v) is 15.6. The van der Waals surface area contributed by atoms with Crippen LogP contribution in [0.1, 0.15) is 18.9 Å². The second-order valence-corrected chi connectivity index (χ2v) is 7.10. The molecular weight excluding hydrogens is 366 g/mol. The van der Waals surface area contributed by atoms with Crippen LogP contribution in [0.2, 0.25) is 0 Å². The van der Waals surface area contributed by atoms with Gasteiger partial charge >= 0.3 is 0 Å². The zero-order valence-electron chi connectivity index (χ0n) is 14.8. The van der Waals surface area contributed by atoms with Crippen LogP contribution < -0.4 is 5.32 Å². The van der Waals surface area contributed by atoms with Crippen LogP contribution in [0.3, 0.4) is 0 Å². The monoisotopic (exact) mass is 385 g/mol. The Morgan fingerprint density at radius 3 is 2.81 bits per heavy atom. The molecule has 0 radical (unpaired) electrons. The highest BCUT2D eigenvalue weighted by Crippen LogP contribution is 2.26. The third-order valence-corrected chi connectivity index (χ3v) is 4.83. The van der Waals surface area contributed by atoms with E-state index in [9.17, 15) is 14.9 Å². The van der Waals surface area contributed by atoms with Crippen molar-refractivity contribution in [2.24, 2.45) is 0 Å². The van der Waals surface area contributed by atoms with Gasteiger partial charge in [0.05, 0.1) is 10.7 Å². The minimum atomic E-state index is -0.481. The van der Waals surface area contributed by atoms with Gasteiger partial charge < -0.3 is 9.73 Å². The quantitative estimate of drug-likeness (QED) is 0.358. The third kappa shape index (κ3) is 5.30. The lowest BCUT2D eigenvalue weighted by molar-refractivity contribution is -0.384. The Bertz CT molecular complexity index is 943. The molecule has 0 aliphatic carbocycles. The summed E-state index contributed by atoms with van der Waals surface area (Å²) in [6.07, 6.45) is 1.76. The highest BCUT2D eigenvalue weighted by molar-refractivity contribution is 7.99. The minimum absolute atomic E-state index is 0.0441. The second-order valence-electron chi connectivity index (χ2n) is 6.17. The molecule has 7 nitrogen and oxygen atoms in total. The first kappa shape index (κ1) is 18.9. The fraction of sp³-hybridized carbons (Fsp3) is 0.263. The molecule has 0 saturated carbocycles. The number of carbonyl (C=O) groups excluding carboxylic acids is 1. The summed E-state index contributed by atoms with van der Waals surface area (Å²) in [6.45, 7) is 1.98. The molecule has 1 aromatic heterocycles. The van der Waals surface area contributed by atoms with Crippen molar-refractivity contribution in [2.75, 3.05) is 5.75 Å². The number of hydrogen-bond acceptors (Lipinski definition) is 6. The number of nitro groups is 1. The Labute approximate surface area is 160 Å². The first-order valence-electron chi connectivity index (χ1n) is 8.52. The summed E-state index contributed by atoms with van der Waals surface area (Å²) in [5, 5.41) is 14.1. The third-order valence-electron chi connectivity index (χ3n) is 4.01. The Balaban J connectivity index is 1.48. The van der Waals surface area contributed by atoms with E-state index < -0.39 is 4.92 Å². The van der Waals surface area contributed by atoms with E-state index in [0.29, 0.717) is 16.3 Å². The van der Waals surface area contributed by atoms with Crippen LogP contribution in [0.25, 0.3) is 11.1 Å². The van der Waals surface area contributed by atoms with Crippen molar-refractivity contribution in [1.82, 2.24) is 10.3 Å². The topological polar surface area (TPSA) is 98.3 Å². The lowest BCUT2D eigenvalue weighted by Crippen LogP contribution is -2.34. The van der Waals surface area contributed by atoms with Gasteiger partial charge in [0.2, 0.25) is 5.91 Å². The number of nitrogens with one attached hydrogen (secondary N) is 1. The largest absolute Gasteiger partial charge is 0.431 e. The SMILES string of the molecule is CC(CCc1ccccc1)NC(=O)CSc1nc2cc([N+](=O)[O-])ccc2o1. The Hall–Kier alpha value is -2.87. The summed E-state index contributed by atoms with van der Waals surface area (Å²) in [5.41, 5.74) is 2.06. The Morgan fingerprint density at radius 1 is 1.30 bits per heavy atom. The number of nitrogens with zero attached hydrogens (tertiary/aromatic N) is 2. The fourth-order valence-corrected chi connectivity index (χ4v) is 3.26. The number of aryl methyl sites for hydroxylation is 1. The maximum absolute atomic E-state index is 12.1. The number of hydrogen-bond donors (Lipinski definition) is 1. The van der Waals surface area contributed by atoms with Crippen molar-refractivity contribution in [3.63, 3.8) is 0 Å². The average Bonchev–Trinajstić information content (AvgIpc) is 3.07. The standard InChI is InChI=1S/C19H19N3O4S/c1-13(7-8-14-5-3-2-4-6-14)20-18(23)12-27-19-21-16-11-15(22(24)25)9-10-17(16)26-19/h2-6,9-11,13H,7-8,12H2,1H3,(H,20,23). The number of nitro benzene ring substituents is 1. The number of rotatable bonds is 8. The summed E-state index contributed by atoms with van der Waals surface area (Å²) in [7, 11) is 0. The van der Waals surface area contributed by atoms with Gasteiger partial charge in [0.15, 0.2) is 5.58 Å². The van der Waals surface area contributed by atoms with E-state index >= 15 is 0 Å². The normalized spacial score (nSPS) is 12.0. The molecule has 1 unspecified atom stereocenters. The summed E-state index contributed by atoms with van der Waals surface area (Å²) < 4.78 is 5.51. The number of non-ortho nitro benzene ring substituents is 1. The predicted molar refractivity (Wildman–Crippen MR) is 104 cm³/mol. The highest BCUT2D eigenvalue weighted by atomic mass is 32.2. The predicted octanol–water partition coefficient (Wildman–Crippen LogP) is 3.97. The van der Waals surface area contributed by atoms with Crippen molar-refractivity contribution in [3.8, 4) is 0 Å². The van der Waals surface area contributed by atoms with Crippen LogP contribution >= 0.6 is 11.8 Å². The van der Waals surface area contributed by atoms with Crippen LogP contribution in [0.4, 0.5) is 5.69 Å². The van der Waals surface area contributed by atoms with E-state index in [1.165, 1.54) is 35.5 Å². The van der Waals surface area contributed by atoms with E-state index in [1.807, 2.05) is 25.1 Å². The summed E-state index contributed by atoms with van der Waals surface area (Å²) >= 11 is 1.17. The van der Waals surface area contributed by atoms with E-state index in [1.54, 1.807) is 0 Å². The first-order chi connectivity index (χ1) is 13.0. The average molecular weight is 385 g/mol. The summed E-state index contributed by atoms with van der Waals surface area (Å²) in [4.78, 5) is 26.6. The Morgan fingerprint density at radius 2 is 2.07 bits per heavy atom. The van der Waals surface area contributed by atoms with Gasteiger partial charge in [0.1, 0.15) is 5.52 Å². The van der Waals surface area contributed by atoms with Crippen molar-refractivity contribution in [1.29, 1.82) is 0 Å². The molecule has 1 amide bonds. The van der Waals surface area contributed by atoms with Gasteiger partial charge in [-0.05, 0) is 31.4 Å². The maximum atomic E-state index is 12.1. The maximum Gasteiger partial charge on any atom is 0.271 e. The molecule has 1 heterocycles. The van der Waals surface area contributed by atoms with Gasteiger partial charge in [-0.3, -0.25) is 14.9 Å². The van der Waals surface area contributed by atoms with Gasteiger partial charge in [0.25, 0.3) is 10.9 Å². The highest BCUT2D eigenvalue weighted by Gasteiger charge is 2.14. The van der Waals surface area contributed by atoms with Crippen molar-refractivity contribution < 1.29 is 14.1 Å². The van der Waals surface area contributed by atoms with Gasteiger partial charge in [-0.2, -0.15) is 0 Å². The number of carbonyl (C=O) groups is 1. The molecule has 8 heteroatoms. The van der Waals surface area contributed by atoms with E-state index in [-0.39, 0.29) is 23.4 Å². The number of thioether (sulfide) groups is 1. The molecule has 1 atom stereocenters. The molecule has 3 rings (SSSR count). The lowest BCUT2D eigenvalue weighted by Gasteiger charge is -2.13. The molecule has 27 heavy (non-hydrogen) atoms. The van der Waals surface area contributed by atoms with Crippen LogP contribution in [0.15, 0.2) is 58.2 Å². The summed E-state index contributed by atoms with van der Waals surface area (Å²) in [5.74, 6) is 0.0683. The van der Waals surface area contributed by atoms with Crippen molar-refractivity contribution in [3.05, 3.63) is 64.2 Å². The molecule has 0 spiro atoms. The van der Waals surface area contributed by atoms with Crippen LogP contribution in [0, 0.1) is 10.1 Å². The second kappa shape index (κ2) is 8.68. The van der Waals surface area contributed by atoms with Gasteiger partial charge in [-0.1, -0.05) is 42.1 Å². The number of benzene rings is 2. The Kier molecular flexibility index (Phi) is 6.08. The molecular formula is C19H19N3O4S. The van der Waals surface area contributed by atoms with E-state index in [2.05, 4.69) is 22.4 Å². The smallest absolute Gasteiger partial charge is 0.271 e. The van der Waals surface area contributed by atoms with E-state index in [0.717, 1.165) is 12.8 Å². The van der Waals surface area contributed by atoms with Crippen LogP contribution in [-0.2, 0) is 11.2 Å². The van der Waals surface area contributed by atoms with Crippen molar-refractivity contribution in [2.45, 2.75) is 31.0 Å². The van der Waals surface area contributed by atoms with Gasteiger partial charge in [-0.15, -0.1) is 0 Å². The van der Waals surface area contributed by atoms with Gasteiger partial charge in [0, 0.05) is 18.2 Å². The minimum Gasteiger partial charge on any atom is -0.431 e. The molecule has 140 valence electrons. The van der Waals surface area contributed by atoms with E-state index in [4.69, 9.17) is 4.42 Å². The summed E-state index contributed by atoms with van der Waals surface area (Å²) in [6, 6.07) is 14.4. The lowest BCUT2D eigenvalue weighted by atomic mass is 10.1. The molecule has 0 bridgehead atoms. The molecule has 1 N–H and O–H groups in total. The molecule has 0 fully saturated rings. The molecule has 0 aliphatic heterocycles.